The Bertz CT molecular complexity index is 1710. The summed E-state index contributed by atoms with van der Waals surface area (Å²) in [5, 5.41) is 5.95. The highest BCUT2D eigenvalue weighted by atomic mass is 16.6. The van der Waals surface area contributed by atoms with Crippen LogP contribution in [0, 0.1) is 6.92 Å². The number of carbonyl (C=O) groups is 2. The van der Waals surface area contributed by atoms with E-state index in [-0.39, 0.29) is 18.2 Å². The summed E-state index contributed by atoms with van der Waals surface area (Å²) in [7, 11) is 0. The first kappa shape index (κ1) is 31.7. The van der Waals surface area contributed by atoms with Crippen LogP contribution in [0.15, 0.2) is 36.8 Å². The van der Waals surface area contributed by atoms with E-state index in [1.54, 1.807) is 11.1 Å². The monoisotopic (exact) mass is 627 g/mol. The Balaban J connectivity index is 1.37. The number of ether oxygens (including phenoxy) is 2. The number of hydrogen-bond donors (Lipinski definition) is 1. The van der Waals surface area contributed by atoms with Gasteiger partial charge in [0.25, 0.3) is 5.91 Å². The summed E-state index contributed by atoms with van der Waals surface area (Å²) in [6, 6.07) is 6.28. The molecule has 2 aliphatic heterocycles. The SMILES string of the molecule is CCN(Cc1cncc(-c2ccc3c(c2)c(-c2ncc(C(=O)N4CCCCC4)[nH]2)nn3C2CCCCO2)c1C)C(=O)OC(C)(C)C. The Morgan fingerprint density at radius 3 is 2.61 bits per heavy atom. The zero-order valence-corrected chi connectivity index (χ0v) is 27.6. The number of fused-ring (bicyclic) bond motifs is 1. The number of aromatic nitrogens is 5. The number of aromatic amines is 1. The van der Waals surface area contributed by atoms with Gasteiger partial charge in [-0.1, -0.05) is 6.07 Å². The van der Waals surface area contributed by atoms with Crippen molar-refractivity contribution in [2.24, 2.45) is 0 Å². The lowest BCUT2D eigenvalue weighted by atomic mass is 9.97. The third kappa shape index (κ3) is 6.65. The molecular weight excluding hydrogens is 582 g/mol. The molecule has 4 aromatic rings. The highest BCUT2D eigenvalue weighted by molar-refractivity contribution is 5.97. The van der Waals surface area contributed by atoms with Gasteiger partial charge < -0.3 is 24.3 Å². The number of amides is 2. The maximum atomic E-state index is 13.2. The van der Waals surface area contributed by atoms with Crippen molar-refractivity contribution in [2.75, 3.05) is 26.2 Å². The third-order valence-electron chi connectivity index (χ3n) is 8.83. The van der Waals surface area contributed by atoms with Crippen LogP contribution in [0.1, 0.15) is 94.1 Å². The van der Waals surface area contributed by atoms with Crippen molar-refractivity contribution in [3.63, 3.8) is 0 Å². The lowest BCUT2D eigenvalue weighted by molar-refractivity contribution is -0.0365. The molecule has 1 unspecified atom stereocenters. The van der Waals surface area contributed by atoms with E-state index < -0.39 is 5.60 Å². The summed E-state index contributed by atoms with van der Waals surface area (Å²) in [6.45, 7) is 12.8. The molecule has 3 aromatic heterocycles. The van der Waals surface area contributed by atoms with Gasteiger partial charge in [-0.05, 0) is 102 Å². The number of carbonyl (C=O) groups excluding carboxylic acids is 2. The molecule has 0 radical (unpaired) electrons. The molecule has 1 N–H and O–H groups in total. The summed E-state index contributed by atoms with van der Waals surface area (Å²) < 4.78 is 13.7. The number of nitrogens with zero attached hydrogens (tertiary/aromatic N) is 6. The minimum Gasteiger partial charge on any atom is -0.444 e. The van der Waals surface area contributed by atoms with Gasteiger partial charge in [0.2, 0.25) is 0 Å². The lowest BCUT2D eigenvalue weighted by Gasteiger charge is -2.27. The molecule has 2 saturated heterocycles. The number of benzene rings is 1. The fraction of sp³-hybridized carbons (Fsp3) is 0.514. The van der Waals surface area contributed by atoms with E-state index in [0.717, 1.165) is 84.8 Å². The zero-order valence-electron chi connectivity index (χ0n) is 27.6. The molecule has 0 spiro atoms. The van der Waals surface area contributed by atoms with Crippen LogP contribution in [-0.2, 0) is 16.0 Å². The second-order valence-corrected chi connectivity index (χ2v) is 13.3. The van der Waals surface area contributed by atoms with Crippen molar-refractivity contribution in [1.29, 1.82) is 0 Å². The van der Waals surface area contributed by atoms with Gasteiger partial charge in [-0.15, -0.1) is 0 Å². The molecule has 0 aliphatic carbocycles. The highest BCUT2D eigenvalue weighted by Crippen LogP contribution is 2.36. The topological polar surface area (TPSA) is 118 Å². The molecule has 11 heteroatoms. The number of pyridine rings is 1. The van der Waals surface area contributed by atoms with Gasteiger partial charge in [0.15, 0.2) is 12.1 Å². The van der Waals surface area contributed by atoms with Crippen LogP contribution >= 0.6 is 0 Å². The van der Waals surface area contributed by atoms with Gasteiger partial charge >= 0.3 is 6.09 Å². The molecule has 2 aliphatic rings. The van der Waals surface area contributed by atoms with Crippen molar-refractivity contribution in [3.05, 3.63) is 53.6 Å². The van der Waals surface area contributed by atoms with Crippen LogP contribution in [-0.4, -0.2) is 78.4 Å². The first-order valence-corrected chi connectivity index (χ1v) is 16.5. The number of H-pyrrole nitrogens is 1. The molecule has 6 rings (SSSR count). The second kappa shape index (κ2) is 13.2. The Morgan fingerprint density at radius 2 is 1.89 bits per heavy atom. The number of rotatable bonds is 7. The van der Waals surface area contributed by atoms with Gasteiger partial charge in [-0.3, -0.25) is 9.78 Å². The smallest absolute Gasteiger partial charge is 0.410 e. The van der Waals surface area contributed by atoms with E-state index in [1.165, 1.54) is 0 Å². The molecule has 0 bridgehead atoms. The fourth-order valence-corrected chi connectivity index (χ4v) is 6.29. The standard InChI is InChI=1S/C35H45N7O4/c1-6-40(34(44)46-35(3,4)5)22-25-19-36-20-27(23(25)2)24-13-14-29-26(18-24)31(39-42(29)30-12-8-11-17-45-30)32-37-21-28(38-32)33(43)41-15-9-7-10-16-41/h13-14,18-21,30H,6-12,15-17,22H2,1-5H3,(H,37,38). The molecule has 1 aromatic carbocycles. The predicted octanol–water partition coefficient (Wildman–Crippen LogP) is 6.88. The van der Waals surface area contributed by atoms with Crippen LogP contribution < -0.4 is 0 Å². The van der Waals surface area contributed by atoms with Crippen molar-refractivity contribution in [1.82, 2.24) is 34.5 Å². The molecule has 1 atom stereocenters. The molecular formula is C35H45N7O4. The van der Waals surface area contributed by atoms with E-state index in [2.05, 4.69) is 40.1 Å². The zero-order chi connectivity index (χ0) is 32.4. The first-order chi connectivity index (χ1) is 22.1. The summed E-state index contributed by atoms with van der Waals surface area (Å²) in [5.41, 5.74) is 5.44. The summed E-state index contributed by atoms with van der Waals surface area (Å²) in [6.07, 6.45) is 11.0. The predicted molar refractivity (Wildman–Crippen MR) is 176 cm³/mol. The minimum atomic E-state index is -0.574. The first-order valence-electron chi connectivity index (χ1n) is 16.5. The van der Waals surface area contributed by atoms with Gasteiger partial charge in [0, 0.05) is 49.6 Å². The normalized spacial score (nSPS) is 17.3. The van der Waals surface area contributed by atoms with Crippen molar-refractivity contribution >= 4 is 22.9 Å². The number of imidazole rings is 1. The Labute approximate surface area is 270 Å². The average molecular weight is 628 g/mol. The van der Waals surface area contributed by atoms with Crippen LogP contribution in [0.2, 0.25) is 0 Å². The molecule has 244 valence electrons. The molecule has 2 fully saturated rings. The summed E-state index contributed by atoms with van der Waals surface area (Å²) in [5.74, 6) is 0.529. The molecule has 5 heterocycles. The summed E-state index contributed by atoms with van der Waals surface area (Å²) >= 11 is 0. The van der Waals surface area contributed by atoms with Crippen molar-refractivity contribution in [3.8, 4) is 22.6 Å². The van der Waals surface area contributed by atoms with E-state index in [9.17, 15) is 9.59 Å². The number of likely N-dealkylation sites (tertiary alicyclic amines) is 1. The lowest BCUT2D eigenvalue weighted by Crippen LogP contribution is -2.36. The largest absolute Gasteiger partial charge is 0.444 e. The van der Waals surface area contributed by atoms with E-state index in [4.69, 9.17) is 14.6 Å². The maximum absolute atomic E-state index is 13.2. The van der Waals surface area contributed by atoms with Gasteiger partial charge in [-0.25, -0.2) is 14.5 Å². The molecule has 46 heavy (non-hydrogen) atoms. The van der Waals surface area contributed by atoms with E-state index in [1.807, 2.05) is 49.7 Å². The van der Waals surface area contributed by atoms with Crippen LogP contribution in [0.5, 0.6) is 0 Å². The Kier molecular flexibility index (Phi) is 9.13. The molecule has 0 saturated carbocycles. The average Bonchev–Trinajstić information content (AvgIpc) is 3.69. The number of piperidine rings is 1. The van der Waals surface area contributed by atoms with E-state index >= 15 is 0 Å². The fourth-order valence-electron chi connectivity index (χ4n) is 6.29. The Hall–Kier alpha value is -4.25. The number of nitrogens with one attached hydrogen (secondary N) is 1. The van der Waals surface area contributed by atoms with Crippen molar-refractivity contribution in [2.45, 2.75) is 91.5 Å². The second-order valence-electron chi connectivity index (χ2n) is 13.3. The minimum absolute atomic E-state index is 0.0236. The highest BCUT2D eigenvalue weighted by Gasteiger charge is 2.26. The van der Waals surface area contributed by atoms with E-state index in [0.29, 0.717) is 36.9 Å². The summed E-state index contributed by atoms with van der Waals surface area (Å²) in [4.78, 5) is 42.2. The van der Waals surface area contributed by atoms with Gasteiger partial charge in [0.05, 0.1) is 18.3 Å². The molecule has 2 amide bonds. The third-order valence-corrected chi connectivity index (χ3v) is 8.83. The number of hydrogen-bond acceptors (Lipinski definition) is 7. The molecule has 11 nitrogen and oxygen atoms in total. The van der Waals surface area contributed by atoms with Crippen LogP contribution in [0.3, 0.4) is 0 Å². The maximum Gasteiger partial charge on any atom is 0.410 e. The quantitative estimate of drug-likeness (QED) is 0.237. The van der Waals surface area contributed by atoms with Gasteiger partial charge in [0.1, 0.15) is 17.0 Å². The van der Waals surface area contributed by atoms with Crippen LogP contribution in [0.4, 0.5) is 4.79 Å². The van der Waals surface area contributed by atoms with Gasteiger partial charge in [-0.2, -0.15) is 5.10 Å². The Morgan fingerprint density at radius 1 is 1.09 bits per heavy atom. The van der Waals surface area contributed by atoms with Crippen molar-refractivity contribution < 1.29 is 19.1 Å². The van der Waals surface area contributed by atoms with Crippen LogP contribution in [0.25, 0.3) is 33.5 Å².